The van der Waals surface area contributed by atoms with E-state index >= 15 is 0 Å². The van der Waals surface area contributed by atoms with E-state index in [9.17, 15) is 8.22 Å². The van der Waals surface area contributed by atoms with E-state index in [0.29, 0.717) is 33.7 Å². The minimum absolute atomic E-state index is 0.122. The highest BCUT2D eigenvalue weighted by atomic mass is 28.3. The number of rotatable bonds is 9. The van der Waals surface area contributed by atoms with Crippen LogP contribution in [-0.2, 0) is 0 Å². The van der Waals surface area contributed by atoms with Crippen LogP contribution in [0.3, 0.4) is 0 Å². The molecule has 0 aliphatic heterocycles. The van der Waals surface area contributed by atoms with Gasteiger partial charge in [-0.1, -0.05) is 176 Å². The molecular weight excluding hydrogens is 735 g/mol. The van der Waals surface area contributed by atoms with Gasteiger partial charge in [0.2, 0.25) is 0 Å². The topological polar surface area (TPSA) is 42.2 Å². The van der Waals surface area contributed by atoms with Crippen LogP contribution in [0.15, 0.2) is 217 Å². The van der Waals surface area contributed by atoms with E-state index in [1.165, 1.54) is 4.57 Å². The second kappa shape index (κ2) is 15.2. The van der Waals surface area contributed by atoms with E-state index in [-0.39, 0.29) is 16.8 Å². The maximum atomic E-state index is 9.57. The Morgan fingerprint density at radius 3 is 1.63 bits per heavy atom. The van der Waals surface area contributed by atoms with Crippen LogP contribution in [0.1, 0.15) is 8.22 Å². The Bertz CT molecular complexity index is 3290. The highest BCUT2D eigenvalue weighted by molar-refractivity contribution is 6.93. The fourth-order valence-corrected chi connectivity index (χ4v) is 9.78. The minimum Gasteiger partial charge on any atom is -0.455 e. The molecule has 0 saturated carbocycles. The van der Waals surface area contributed by atoms with E-state index in [1.807, 2.05) is 170 Å². The number of hydrogen-bond donors (Lipinski definition) is 0. The Morgan fingerprint density at radius 2 is 0.932 bits per heavy atom. The normalized spacial score (nSPS) is 13.5. The number of pyridine rings is 2. The van der Waals surface area contributed by atoms with Gasteiger partial charge in [0.1, 0.15) is 22.8 Å². The molecule has 0 spiro atoms. The Hall–Kier alpha value is -7.34. The summed E-state index contributed by atoms with van der Waals surface area (Å²) in [5.41, 5.74) is 8.78. The van der Waals surface area contributed by atoms with Crippen LogP contribution < -0.4 is 9.75 Å². The van der Waals surface area contributed by atoms with Crippen LogP contribution in [0, 0.1) is 0 Å². The molecule has 7 aromatic carbocycles. The average molecular weight is 782 g/mol. The Labute approximate surface area is 354 Å². The molecule has 0 N–H and O–H groups in total. The molecule has 3 heterocycles. The van der Waals surface area contributed by atoms with Crippen LogP contribution in [0.2, 0.25) is 13.0 Å². The molecule has 4 nitrogen and oxygen atoms in total. The van der Waals surface area contributed by atoms with Crippen molar-refractivity contribution in [2.75, 3.05) is 4.57 Å². The zero-order valence-corrected chi connectivity index (χ0v) is 33.0. The molecule has 0 aliphatic rings. The van der Waals surface area contributed by atoms with Crippen molar-refractivity contribution < 1.29 is 12.6 Å². The monoisotopic (exact) mass is 781 g/mol. The fraction of sp³-hybridized carbons (Fsp3) is 0.0370. The van der Waals surface area contributed by atoms with Crippen molar-refractivity contribution in [3.63, 3.8) is 0 Å². The molecule has 5 heteroatoms. The fourth-order valence-electron chi connectivity index (χ4n) is 7.93. The lowest BCUT2D eigenvalue weighted by atomic mass is 9.94. The van der Waals surface area contributed by atoms with Gasteiger partial charge < -0.3 is 8.98 Å². The van der Waals surface area contributed by atoms with E-state index < -0.39 is 21.2 Å². The summed E-state index contributed by atoms with van der Waals surface area (Å²) in [5, 5.41) is 2.02. The van der Waals surface area contributed by atoms with Gasteiger partial charge in [-0.3, -0.25) is 0 Å². The van der Waals surface area contributed by atoms with Gasteiger partial charge in [-0.05, 0) is 87.9 Å². The van der Waals surface area contributed by atoms with E-state index in [2.05, 4.69) is 6.07 Å². The maximum Gasteiger partial charge on any atom is 0.191 e. The van der Waals surface area contributed by atoms with Gasteiger partial charge in [0.25, 0.3) is 0 Å². The van der Waals surface area contributed by atoms with E-state index in [4.69, 9.17) is 14.4 Å². The smallest absolute Gasteiger partial charge is 0.191 e. The number of nitrogens with zero attached hydrogens (tertiary/aromatic N) is 3. The first-order valence-electron chi connectivity index (χ1n) is 22.6. The average Bonchev–Trinajstić information content (AvgIpc) is 3.72. The Morgan fingerprint density at radius 1 is 0.424 bits per heavy atom. The Balaban J connectivity index is 1.35. The summed E-state index contributed by atoms with van der Waals surface area (Å²) in [6, 6.07) is 67.1. The summed E-state index contributed by atoms with van der Waals surface area (Å²) in [4.78, 5) is 10.7. The first-order valence-corrected chi connectivity index (χ1v) is 21.5. The molecule has 0 saturated heterocycles. The summed E-state index contributed by atoms with van der Waals surface area (Å²) in [5.74, 6) is 0.259. The minimum atomic E-state index is -5.15. The zero-order chi connectivity index (χ0) is 44.8. The third kappa shape index (κ3) is 6.82. The van der Waals surface area contributed by atoms with Crippen molar-refractivity contribution in [3.8, 4) is 55.9 Å². The molecule has 10 aromatic rings. The number of benzene rings is 7. The standard InChI is InChI=1S/C54H41N3OSi/c1-59(2,43-26-13-6-14-27-43)57(53-37-42(35-49(55-53)40-24-11-5-12-25-40)45-29-16-15-28-44(45)39-22-9-4-10-23-39)52-36-41(38-20-7-3-8-21-38)34-50(56-52)48-32-19-31-47-46-30-17-18-33-51(46)58-54(47)48/h3-37H,1-2H3/i1D3,2D3. The molecule has 282 valence electrons. The van der Waals surface area contributed by atoms with Gasteiger partial charge in [0.15, 0.2) is 8.24 Å². The summed E-state index contributed by atoms with van der Waals surface area (Å²) < 4.78 is 65.5. The number of anilines is 2. The zero-order valence-electron chi connectivity index (χ0n) is 38.0. The van der Waals surface area contributed by atoms with Crippen LogP contribution in [-0.4, -0.2) is 18.2 Å². The largest absolute Gasteiger partial charge is 0.455 e. The summed E-state index contributed by atoms with van der Waals surface area (Å²) in [7, 11) is -5.15. The molecule has 0 atom stereocenters. The number of fused-ring (bicyclic) bond motifs is 3. The summed E-state index contributed by atoms with van der Waals surface area (Å²) in [6.07, 6.45) is 0. The van der Waals surface area contributed by atoms with Crippen molar-refractivity contribution in [1.29, 1.82) is 0 Å². The number of hydrogen-bond acceptors (Lipinski definition) is 4. The first-order chi connectivity index (χ1) is 31.5. The molecule has 59 heavy (non-hydrogen) atoms. The Kier molecular flexibility index (Phi) is 7.69. The molecule has 0 amide bonds. The molecule has 3 aromatic heterocycles. The number of furan rings is 1. The van der Waals surface area contributed by atoms with Crippen molar-refractivity contribution in [3.05, 3.63) is 212 Å². The SMILES string of the molecule is [2H]C([2H])([2H])[Si](c1ccccc1)(N(c1cc(-c2ccccc2-c2ccccc2)cc(-c2ccccc2)n1)c1cc(-c2ccccc2)cc(-c2cccc3c2oc2ccccc23)n1)C([2H])([2H])[2H]. The van der Waals surface area contributed by atoms with Crippen molar-refractivity contribution in [1.82, 2.24) is 9.97 Å². The van der Waals surface area contributed by atoms with Gasteiger partial charge in [-0.15, -0.1) is 0 Å². The lowest BCUT2D eigenvalue weighted by Gasteiger charge is -2.38. The number of para-hydroxylation sites is 2. The molecule has 0 aliphatic carbocycles. The maximum absolute atomic E-state index is 9.57. The number of aromatic nitrogens is 2. The molecular formula is C54H41N3OSi. The van der Waals surface area contributed by atoms with Crippen molar-refractivity contribution in [2.24, 2.45) is 0 Å². The summed E-state index contributed by atoms with van der Waals surface area (Å²) >= 11 is 0. The third-order valence-corrected chi connectivity index (χ3v) is 13.1. The predicted molar refractivity (Wildman–Crippen MR) is 249 cm³/mol. The second-order valence-electron chi connectivity index (χ2n) is 14.5. The molecule has 10 rings (SSSR count). The molecule has 0 bridgehead atoms. The molecule has 0 fully saturated rings. The van der Waals surface area contributed by atoms with Crippen molar-refractivity contribution in [2.45, 2.75) is 13.0 Å². The third-order valence-electron chi connectivity index (χ3n) is 10.8. The molecule has 0 radical (unpaired) electrons. The van der Waals surface area contributed by atoms with Crippen molar-refractivity contribution >= 4 is 47.0 Å². The van der Waals surface area contributed by atoms with Crippen LogP contribution in [0.25, 0.3) is 77.8 Å². The van der Waals surface area contributed by atoms with Gasteiger partial charge in [0, 0.05) is 30.1 Å². The van der Waals surface area contributed by atoms with Gasteiger partial charge >= 0.3 is 0 Å². The lowest BCUT2D eigenvalue weighted by molar-refractivity contribution is 0.670. The van der Waals surface area contributed by atoms with Gasteiger partial charge in [-0.25, -0.2) is 9.97 Å². The van der Waals surface area contributed by atoms with Crippen LogP contribution in [0.5, 0.6) is 0 Å². The van der Waals surface area contributed by atoms with Gasteiger partial charge in [-0.2, -0.15) is 0 Å². The van der Waals surface area contributed by atoms with E-state index in [1.54, 1.807) is 36.4 Å². The predicted octanol–water partition coefficient (Wildman–Crippen LogP) is 14.0. The van der Waals surface area contributed by atoms with E-state index in [0.717, 1.165) is 44.2 Å². The first kappa shape index (κ1) is 29.8. The summed E-state index contributed by atoms with van der Waals surface area (Å²) in [6.45, 7) is -6.15. The van der Waals surface area contributed by atoms with Gasteiger partial charge in [0.05, 0.1) is 11.4 Å². The second-order valence-corrected chi connectivity index (χ2v) is 17.0. The highest BCUT2D eigenvalue weighted by Gasteiger charge is 2.36. The quantitative estimate of drug-likeness (QED) is 0.137. The molecule has 0 unspecified atom stereocenters. The van der Waals surface area contributed by atoms with Crippen LogP contribution >= 0.6 is 0 Å². The van der Waals surface area contributed by atoms with Crippen LogP contribution in [0.4, 0.5) is 11.6 Å². The lowest BCUT2D eigenvalue weighted by Crippen LogP contribution is -2.56. The highest BCUT2D eigenvalue weighted by Crippen LogP contribution is 2.42.